The van der Waals surface area contributed by atoms with Gasteiger partial charge in [0.05, 0.1) is 23.8 Å². The Morgan fingerprint density at radius 1 is 1.30 bits per heavy atom. The van der Waals surface area contributed by atoms with E-state index in [2.05, 4.69) is 19.8 Å². The first-order valence-electron chi connectivity index (χ1n) is 9.38. The maximum absolute atomic E-state index is 13.0. The van der Waals surface area contributed by atoms with Crippen LogP contribution in [0.4, 0.5) is 0 Å². The highest BCUT2D eigenvalue weighted by atomic mass is 32.1. The summed E-state index contributed by atoms with van der Waals surface area (Å²) in [5.74, 6) is 0.0434. The second-order valence-electron chi connectivity index (χ2n) is 7.92. The van der Waals surface area contributed by atoms with Crippen LogP contribution in [0.2, 0.25) is 0 Å². The summed E-state index contributed by atoms with van der Waals surface area (Å²) in [7, 11) is 0. The predicted molar refractivity (Wildman–Crippen MR) is 101 cm³/mol. The zero-order valence-corrected chi connectivity index (χ0v) is 15.9. The Labute approximate surface area is 162 Å². The van der Waals surface area contributed by atoms with Gasteiger partial charge in [0.15, 0.2) is 0 Å². The van der Waals surface area contributed by atoms with E-state index in [0.717, 1.165) is 31.1 Å². The Bertz CT molecular complexity index is 809. The first kappa shape index (κ1) is 17.2. The van der Waals surface area contributed by atoms with Crippen molar-refractivity contribution in [1.82, 2.24) is 24.7 Å². The molecule has 3 aliphatic rings. The Kier molecular flexibility index (Phi) is 4.23. The number of amides is 1. The number of hydrogen-bond donors (Lipinski definition) is 1. The van der Waals surface area contributed by atoms with Gasteiger partial charge in [0.2, 0.25) is 0 Å². The van der Waals surface area contributed by atoms with Crippen LogP contribution in [0.15, 0.2) is 36.1 Å². The van der Waals surface area contributed by atoms with Crippen LogP contribution in [-0.2, 0) is 6.54 Å². The molecule has 0 aliphatic carbocycles. The SMILES string of the molecule is O=C(c1cccnc1)N1CC2CC(O)CN2C2(CN(Cc3nccs3)C2)C1. The number of likely N-dealkylation sites (tertiary alicyclic amines) is 1. The number of hydrogen-bond acceptors (Lipinski definition) is 7. The minimum atomic E-state index is -0.298. The molecule has 0 radical (unpaired) electrons. The Morgan fingerprint density at radius 3 is 2.93 bits per heavy atom. The number of thiazole rings is 1. The van der Waals surface area contributed by atoms with Gasteiger partial charge in [-0.1, -0.05) is 0 Å². The molecule has 3 aliphatic heterocycles. The van der Waals surface area contributed by atoms with Crippen molar-refractivity contribution in [3.8, 4) is 0 Å². The van der Waals surface area contributed by atoms with Gasteiger partial charge in [-0.05, 0) is 18.6 Å². The molecular weight excluding hydrogens is 362 g/mol. The lowest BCUT2D eigenvalue weighted by atomic mass is 9.83. The molecular formula is C19H23N5O2S. The van der Waals surface area contributed by atoms with Crippen molar-refractivity contribution >= 4 is 17.2 Å². The van der Waals surface area contributed by atoms with Gasteiger partial charge in [-0.2, -0.15) is 0 Å². The highest BCUT2D eigenvalue weighted by Gasteiger charge is 2.56. The number of pyridine rings is 1. The molecule has 2 aromatic rings. The molecule has 5 rings (SSSR count). The second-order valence-corrected chi connectivity index (χ2v) is 8.90. The molecule has 5 heterocycles. The number of rotatable bonds is 3. The summed E-state index contributed by atoms with van der Waals surface area (Å²) in [5, 5.41) is 13.4. The van der Waals surface area contributed by atoms with Crippen LogP contribution in [0, 0.1) is 0 Å². The van der Waals surface area contributed by atoms with Crippen molar-refractivity contribution in [2.24, 2.45) is 0 Å². The van der Waals surface area contributed by atoms with Crippen molar-refractivity contribution in [1.29, 1.82) is 0 Å². The van der Waals surface area contributed by atoms with Gasteiger partial charge in [0, 0.05) is 62.7 Å². The maximum Gasteiger partial charge on any atom is 0.255 e. The fourth-order valence-electron chi connectivity index (χ4n) is 4.94. The van der Waals surface area contributed by atoms with Crippen molar-refractivity contribution in [3.05, 3.63) is 46.7 Å². The van der Waals surface area contributed by atoms with E-state index in [0.29, 0.717) is 25.2 Å². The molecule has 1 spiro atoms. The van der Waals surface area contributed by atoms with Gasteiger partial charge in [0.1, 0.15) is 5.01 Å². The third-order valence-corrected chi connectivity index (χ3v) is 6.76. The van der Waals surface area contributed by atoms with E-state index in [1.807, 2.05) is 22.5 Å². The normalized spacial score (nSPS) is 27.5. The van der Waals surface area contributed by atoms with Gasteiger partial charge in [-0.3, -0.25) is 19.6 Å². The fraction of sp³-hybridized carbons (Fsp3) is 0.526. The standard InChI is InChI=1S/C19H23N5O2S/c25-16-6-15-8-23(18(26)14-2-1-3-20-7-14)13-19(24(15)9-16)11-22(12-19)10-17-21-4-5-27-17/h1-5,7,15-16,25H,6,8-13H2. The first-order valence-corrected chi connectivity index (χ1v) is 10.3. The molecule has 8 heteroatoms. The van der Waals surface area contributed by atoms with Gasteiger partial charge < -0.3 is 10.0 Å². The molecule has 27 heavy (non-hydrogen) atoms. The molecule has 1 N–H and O–H groups in total. The number of β-amino-alcohol motifs (C(OH)–C–C–N with tert-alkyl or cyclic N) is 1. The van der Waals surface area contributed by atoms with E-state index in [-0.39, 0.29) is 23.6 Å². The smallest absolute Gasteiger partial charge is 0.255 e. The lowest BCUT2D eigenvalue weighted by Crippen LogP contribution is -2.78. The van der Waals surface area contributed by atoms with E-state index in [1.54, 1.807) is 29.8 Å². The zero-order valence-electron chi connectivity index (χ0n) is 15.1. The molecule has 3 saturated heterocycles. The van der Waals surface area contributed by atoms with Crippen LogP contribution in [0.25, 0.3) is 0 Å². The van der Waals surface area contributed by atoms with E-state index in [1.165, 1.54) is 0 Å². The summed E-state index contributed by atoms with van der Waals surface area (Å²) < 4.78 is 0. The Morgan fingerprint density at radius 2 is 2.19 bits per heavy atom. The molecule has 1 amide bonds. The second kappa shape index (κ2) is 6.63. The summed E-state index contributed by atoms with van der Waals surface area (Å²) in [6.45, 7) is 4.78. The maximum atomic E-state index is 13.0. The number of fused-ring (bicyclic) bond motifs is 2. The summed E-state index contributed by atoms with van der Waals surface area (Å²) in [6.07, 6.45) is 5.61. The molecule has 0 saturated carbocycles. The quantitative estimate of drug-likeness (QED) is 0.838. The predicted octanol–water partition coefficient (Wildman–Crippen LogP) is 0.684. The molecule has 0 bridgehead atoms. The number of piperazine rings is 1. The van der Waals surface area contributed by atoms with Gasteiger partial charge >= 0.3 is 0 Å². The number of aromatic nitrogens is 2. The van der Waals surface area contributed by atoms with E-state index in [4.69, 9.17) is 0 Å². The van der Waals surface area contributed by atoms with Crippen LogP contribution in [0.5, 0.6) is 0 Å². The number of aliphatic hydroxyl groups is 1. The van der Waals surface area contributed by atoms with Crippen LogP contribution < -0.4 is 0 Å². The van der Waals surface area contributed by atoms with E-state index < -0.39 is 0 Å². The molecule has 0 aromatic carbocycles. The topological polar surface area (TPSA) is 72.8 Å². The van der Waals surface area contributed by atoms with Gasteiger partial charge in [0.25, 0.3) is 5.91 Å². The highest BCUT2D eigenvalue weighted by molar-refractivity contribution is 7.09. The summed E-state index contributed by atoms with van der Waals surface area (Å²) in [5.41, 5.74) is 0.578. The van der Waals surface area contributed by atoms with Crippen LogP contribution >= 0.6 is 11.3 Å². The third kappa shape index (κ3) is 3.06. The molecule has 2 aromatic heterocycles. The number of carbonyl (C=O) groups excluding carboxylic acids is 1. The molecule has 3 fully saturated rings. The monoisotopic (exact) mass is 385 g/mol. The largest absolute Gasteiger partial charge is 0.392 e. The number of carbonyl (C=O) groups is 1. The van der Waals surface area contributed by atoms with Crippen LogP contribution in [0.1, 0.15) is 21.8 Å². The van der Waals surface area contributed by atoms with E-state index >= 15 is 0 Å². The third-order valence-electron chi connectivity index (χ3n) is 5.99. The highest BCUT2D eigenvalue weighted by Crippen LogP contribution is 2.39. The van der Waals surface area contributed by atoms with Crippen molar-refractivity contribution < 1.29 is 9.90 Å². The van der Waals surface area contributed by atoms with Crippen molar-refractivity contribution in [2.45, 2.75) is 30.7 Å². The van der Waals surface area contributed by atoms with Crippen molar-refractivity contribution in [3.63, 3.8) is 0 Å². The van der Waals surface area contributed by atoms with E-state index in [9.17, 15) is 9.90 Å². The zero-order chi connectivity index (χ0) is 18.4. The molecule has 2 unspecified atom stereocenters. The Hall–Kier alpha value is -1.87. The van der Waals surface area contributed by atoms with Crippen LogP contribution in [-0.4, -0.2) is 86.1 Å². The molecule has 2 atom stereocenters. The van der Waals surface area contributed by atoms with Crippen LogP contribution in [0.3, 0.4) is 0 Å². The minimum Gasteiger partial charge on any atom is -0.392 e. The average molecular weight is 385 g/mol. The summed E-state index contributed by atoms with van der Waals surface area (Å²) in [4.78, 5) is 28.3. The first-order chi connectivity index (χ1) is 13.1. The van der Waals surface area contributed by atoms with Gasteiger partial charge in [-0.25, -0.2) is 4.98 Å². The van der Waals surface area contributed by atoms with Gasteiger partial charge in [-0.15, -0.1) is 11.3 Å². The fourth-order valence-corrected chi connectivity index (χ4v) is 5.60. The van der Waals surface area contributed by atoms with Crippen molar-refractivity contribution in [2.75, 3.05) is 32.7 Å². The average Bonchev–Trinajstić information content (AvgIpc) is 3.29. The molecule has 142 valence electrons. The lowest BCUT2D eigenvalue weighted by molar-refractivity contribution is -0.108. The summed E-state index contributed by atoms with van der Waals surface area (Å²) in [6, 6.07) is 3.86. The molecule has 7 nitrogen and oxygen atoms in total. The minimum absolute atomic E-state index is 0.0434. The Balaban J connectivity index is 1.35. The lowest BCUT2D eigenvalue weighted by Gasteiger charge is -2.61. The number of aliphatic hydroxyl groups excluding tert-OH is 1. The summed E-state index contributed by atoms with van der Waals surface area (Å²) >= 11 is 1.68. The number of nitrogens with zero attached hydrogens (tertiary/aromatic N) is 5.